The van der Waals surface area contributed by atoms with Crippen LogP contribution in [0.1, 0.15) is 34.6 Å². The molecule has 0 aromatic heterocycles. The molecule has 0 saturated carbocycles. The van der Waals surface area contributed by atoms with Crippen molar-refractivity contribution >= 4 is 11.8 Å². The van der Waals surface area contributed by atoms with Gasteiger partial charge in [0.2, 0.25) is 0 Å². The average Bonchev–Trinajstić information content (AvgIpc) is 2.12. The van der Waals surface area contributed by atoms with Crippen LogP contribution >= 0.6 is 11.8 Å². The molecule has 0 radical (unpaired) electrons. The molecule has 2 N–H and O–H groups in total. The summed E-state index contributed by atoms with van der Waals surface area (Å²) < 4.78 is 0. The Bertz CT molecular complexity index is 223. The highest BCUT2D eigenvalue weighted by atomic mass is 32.2. The predicted molar refractivity (Wildman–Crippen MR) is 76.7 cm³/mol. The molecule has 1 fully saturated rings. The van der Waals surface area contributed by atoms with E-state index in [-0.39, 0.29) is 0 Å². The quantitative estimate of drug-likeness (QED) is 0.786. The summed E-state index contributed by atoms with van der Waals surface area (Å²) >= 11 is 2.05. The Morgan fingerprint density at radius 1 is 1.35 bits per heavy atom. The number of hydrogen-bond acceptors (Lipinski definition) is 4. The second kappa shape index (κ2) is 6.41. The van der Waals surface area contributed by atoms with Crippen molar-refractivity contribution in [2.75, 3.05) is 26.2 Å². The van der Waals surface area contributed by atoms with Gasteiger partial charge >= 0.3 is 0 Å². The van der Waals surface area contributed by atoms with Gasteiger partial charge in [-0.2, -0.15) is 11.8 Å². The van der Waals surface area contributed by atoms with Crippen LogP contribution in [0.2, 0.25) is 0 Å². The lowest BCUT2D eigenvalue weighted by molar-refractivity contribution is 0.0183. The highest BCUT2D eigenvalue weighted by Gasteiger charge is 2.29. The van der Waals surface area contributed by atoms with Crippen molar-refractivity contribution < 1.29 is 5.11 Å². The van der Waals surface area contributed by atoms with E-state index in [1.807, 2.05) is 6.92 Å². The average molecular weight is 260 g/mol. The van der Waals surface area contributed by atoms with Crippen molar-refractivity contribution in [3.8, 4) is 0 Å². The van der Waals surface area contributed by atoms with E-state index in [1.54, 1.807) is 0 Å². The molecule has 0 aromatic carbocycles. The van der Waals surface area contributed by atoms with Crippen LogP contribution in [0, 0.1) is 0 Å². The Balaban J connectivity index is 2.40. The fraction of sp³-hybridized carbons (Fsp3) is 1.00. The molecule has 3 unspecified atom stereocenters. The van der Waals surface area contributed by atoms with Gasteiger partial charge in [0.1, 0.15) is 0 Å². The summed E-state index contributed by atoms with van der Waals surface area (Å²) in [7, 11) is 0. The minimum Gasteiger partial charge on any atom is -0.388 e. The summed E-state index contributed by atoms with van der Waals surface area (Å²) in [5.74, 6) is 0. The minimum atomic E-state index is -0.633. The molecule has 0 amide bonds. The van der Waals surface area contributed by atoms with E-state index in [2.05, 4.69) is 49.7 Å². The van der Waals surface area contributed by atoms with Crippen LogP contribution in [0.5, 0.6) is 0 Å². The number of β-amino-alcohol motifs (C(OH)–C–C–N with tert-alkyl or cyclic N) is 1. The first-order chi connectivity index (χ1) is 7.78. The first-order valence-corrected chi connectivity index (χ1v) is 7.56. The summed E-state index contributed by atoms with van der Waals surface area (Å²) in [5.41, 5.74) is -0.633. The number of rotatable bonds is 5. The second-order valence-corrected chi connectivity index (χ2v) is 7.87. The smallest absolute Gasteiger partial charge is 0.0869 e. The molecule has 17 heavy (non-hydrogen) atoms. The lowest BCUT2D eigenvalue weighted by atomic mass is 10.1. The van der Waals surface area contributed by atoms with E-state index < -0.39 is 5.60 Å². The summed E-state index contributed by atoms with van der Waals surface area (Å²) in [6.45, 7) is 14.3. The van der Waals surface area contributed by atoms with E-state index >= 15 is 0 Å². The van der Waals surface area contributed by atoms with Crippen molar-refractivity contribution in [2.45, 2.75) is 56.8 Å². The molecule has 0 aromatic rings. The van der Waals surface area contributed by atoms with Crippen LogP contribution in [0.15, 0.2) is 0 Å². The van der Waals surface area contributed by atoms with Crippen LogP contribution < -0.4 is 5.32 Å². The van der Waals surface area contributed by atoms with Crippen LogP contribution in [0.4, 0.5) is 0 Å². The first kappa shape index (κ1) is 15.3. The van der Waals surface area contributed by atoms with Gasteiger partial charge in [-0.05, 0) is 6.92 Å². The largest absolute Gasteiger partial charge is 0.388 e. The zero-order valence-corrected chi connectivity index (χ0v) is 12.7. The van der Waals surface area contributed by atoms with Crippen molar-refractivity contribution in [1.29, 1.82) is 0 Å². The van der Waals surface area contributed by atoms with E-state index in [9.17, 15) is 5.11 Å². The molecule has 3 atom stereocenters. The van der Waals surface area contributed by atoms with E-state index in [4.69, 9.17) is 0 Å². The van der Waals surface area contributed by atoms with E-state index in [1.165, 1.54) is 0 Å². The number of nitrogens with one attached hydrogen (secondary N) is 1. The molecule has 1 aliphatic heterocycles. The van der Waals surface area contributed by atoms with Crippen LogP contribution in [-0.2, 0) is 0 Å². The second-order valence-electron chi connectivity index (χ2n) is 5.98. The SMILES string of the molecule is CC(C)NCC(C)(O)CN1CC(C)SC(C)C1. The highest BCUT2D eigenvalue weighted by Crippen LogP contribution is 2.25. The fourth-order valence-corrected chi connectivity index (χ4v) is 3.76. The van der Waals surface area contributed by atoms with Gasteiger partial charge in [-0.3, -0.25) is 4.90 Å². The van der Waals surface area contributed by atoms with Crippen molar-refractivity contribution in [3.05, 3.63) is 0 Å². The third-order valence-electron chi connectivity index (χ3n) is 2.95. The Morgan fingerprint density at radius 2 is 1.88 bits per heavy atom. The Kier molecular flexibility index (Phi) is 5.77. The van der Waals surface area contributed by atoms with Gasteiger partial charge in [0.05, 0.1) is 5.60 Å². The number of aliphatic hydroxyl groups is 1. The molecule has 102 valence electrons. The lowest BCUT2D eigenvalue weighted by Gasteiger charge is -2.39. The van der Waals surface area contributed by atoms with Crippen molar-refractivity contribution in [1.82, 2.24) is 10.2 Å². The molecule has 1 rings (SSSR count). The molecular weight excluding hydrogens is 232 g/mol. The lowest BCUT2D eigenvalue weighted by Crippen LogP contribution is -2.52. The van der Waals surface area contributed by atoms with Gasteiger partial charge in [-0.25, -0.2) is 0 Å². The van der Waals surface area contributed by atoms with Gasteiger partial charge < -0.3 is 10.4 Å². The topological polar surface area (TPSA) is 35.5 Å². The van der Waals surface area contributed by atoms with Gasteiger partial charge in [0, 0.05) is 42.7 Å². The van der Waals surface area contributed by atoms with Crippen LogP contribution in [-0.4, -0.2) is 58.3 Å². The Hall–Kier alpha value is 0.230. The maximum atomic E-state index is 10.4. The maximum Gasteiger partial charge on any atom is 0.0869 e. The van der Waals surface area contributed by atoms with Crippen molar-refractivity contribution in [3.63, 3.8) is 0 Å². The summed E-state index contributed by atoms with van der Waals surface area (Å²) in [5, 5.41) is 15.0. The van der Waals surface area contributed by atoms with Gasteiger partial charge in [0.25, 0.3) is 0 Å². The summed E-state index contributed by atoms with van der Waals surface area (Å²) in [6.07, 6.45) is 0. The monoisotopic (exact) mass is 260 g/mol. The molecule has 1 aliphatic rings. The highest BCUT2D eigenvalue weighted by molar-refractivity contribution is 8.00. The predicted octanol–water partition coefficient (Wildman–Crippen LogP) is 1.56. The van der Waals surface area contributed by atoms with Gasteiger partial charge in [0.15, 0.2) is 0 Å². The zero-order valence-electron chi connectivity index (χ0n) is 11.9. The fourth-order valence-electron chi connectivity index (χ4n) is 2.38. The third-order valence-corrected chi connectivity index (χ3v) is 4.18. The minimum absolute atomic E-state index is 0.427. The zero-order chi connectivity index (χ0) is 13.1. The summed E-state index contributed by atoms with van der Waals surface area (Å²) in [4.78, 5) is 2.40. The Labute approximate surface area is 110 Å². The normalized spacial score (nSPS) is 30.5. The maximum absolute atomic E-state index is 10.4. The van der Waals surface area contributed by atoms with Gasteiger partial charge in [-0.15, -0.1) is 0 Å². The van der Waals surface area contributed by atoms with Gasteiger partial charge in [-0.1, -0.05) is 27.7 Å². The summed E-state index contributed by atoms with van der Waals surface area (Å²) in [6, 6.07) is 0.427. The molecule has 3 nitrogen and oxygen atoms in total. The molecule has 0 bridgehead atoms. The number of nitrogens with zero attached hydrogens (tertiary/aromatic N) is 1. The molecular formula is C13H28N2OS. The molecule has 0 spiro atoms. The Morgan fingerprint density at radius 3 is 2.35 bits per heavy atom. The van der Waals surface area contributed by atoms with E-state index in [0.29, 0.717) is 23.1 Å². The third kappa shape index (κ3) is 6.09. The molecule has 1 heterocycles. The first-order valence-electron chi connectivity index (χ1n) is 6.62. The van der Waals surface area contributed by atoms with Crippen molar-refractivity contribution in [2.24, 2.45) is 0 Å². The molecule has 1 saturated heterocycles. The van der Waals surface area contributed by atoms with E-state index in [0.717, 1.165) is 19.6 Å². The number of thioether (sulfide) groups is 1. The van der Waals surface area contributed by atoms with Crippen LogP contribution in [0.3, 0.4) is 0 Å². The molecule has 0 aliphatic carbocycles. The number of hydrogen-bond donors (Lipinski definition) is 2. The molecule has 4 heteroatoms. The standard InChI is InChI=1S/C13H28N2OS/c1-10(2)14-8-13(5,16)9-15-6-11(3)17-12(4)7-15/h10-12,14,16H,6-9H2,1-5H3. The van der Waals surface area contributed by atoms with Crippen LogP contribution in [0.25, 0.3) is 0 Å².